The van der Waals surface area contributed by atoms with Crippen LogP contribution < -0.4 is 0 Å². The van der Waals surface area contributed by atoms with Gasteiger partial charge in [0.15, 0.2) is 5.76 Å². The van der Waals surface area contributed by atoms with Gasteiger partial charge in [0.2, 0.25) is 0 Å². The van der Waals surface area contributed by atoms with Crippen LogP contribution in [0.1, 0.15) is 13.3 Å². The van der Waals surface area contributed by atoms with Gasteiger partial charge in [0, 0.05) is 0 Å². The molecule has 0 aromatic carbocycles. The zero-order valence-corrected chi connectivity index (χ0v) is 8.45. The predicted octanol–water partition coefficient (Wildman–Crippen LogP) is -0.379. The van der Waals surface area contributed by atoms with Crippen molar-refractivity contribution in [2.45, 2.75) is 13.3 Å². The summed E-state index contributed by atoms with van der Waals surface area (Å²) < 4.78 is 33.2. The Bertz CT molecular complexity index is 320. The van der Waals surface area contributed by atoms with E-state index < -0.39 is 27.6 Å². The minimum absolute atomic E-state index is 0. The second kappa shape index (κ2) is 8.12. The molecule has 0 saturated heterocycles. The van der Waals surface area contributed by atoms with Crippen LogP contribution in [0.25, 0.3) is 0 Å². The Hall–Kier alpha value is -0.0800. The number of esters is 1. The first kappa shape index (κ1) is 17.3. The molecule has 0 aromatic rings. The number of carbonyl (C=O) groups is 1. The summed E-state index contributed by atoms with van der Waals surface area (Å²) in [5, 5.41) is 8.80. The summed E-state index contributed by atoms with van der Waals surface area (Å²) in [5.74, 6) is -1.92. The number of aliphatic hydroxyl groups is 1. The Morgan fingerprint density at radius 2 is 2.00 bits per heavy atom. The van der Waals surface area contributed by atoms with E-state index >= 15 is 0 Å². The molecule has 0 rings (SSSR count). The summed E-state index contributed by atoms with van der Waals surface area (Å²) in [6.07, 6.45) is 1.15. The predicted molar refractivity (Wildman–Crippen MR) is 55.5 cm³/mol. The SMILES string of the molecule is CC=C(O)C(=O)OCCCS(=O)(=O)O.[NaH]. The second-order valence-corrected chi connectivity index (χ2v) is 4.02. The van der Waals surface area contributed by atoms with E-state index in [2.05, 4.69) is 4.74 Å². The van der Waals surface area contributed by atoms with Crippen LogP contribution in [-0.2, 0) is 19.6 Å². The fraction of sp³-hybridized carbons (Fsp3) is 0.571. The molecule has 8 heteroatoms. The molecule has 0 aliphatic carbocycles. The molecule has 6 nitrogen and oxygen atoms in total. The Kier molecular flexibility index (Phi) is 9.37. The van der Waals surface area contributed by atoms with Gasteiger partial charge in [-0.2, -0.15) is 8.42 Å². The fourth-order valence-corrected chi connectivity index (χ4v) is 1.08. The Balaban J connectivity index is 0. The third-order valence-electron chi connectivity index (χ3n) is 1.26. The molecule has 2 N–H and O–H groups in total. The van der Waals surface area contributed by atoms with E-state index in [0.29, 0.717) is 0 Å². The first-order valence-electron chi connectivity index (χ1n) is 3.84. The monoisotopic (exact) mass is 248 g/mol. The van der Waals surface area contributed by atoms with Crippen LogP contribution >= 0.6 is 0 Å². The van der Waals surface area contributed by atoms with Crippen LogP contribution in [0.15, 0.2) is 11.8 Å². The summed E-state index contributed by atoms with van der Waals surface area (Å²) in [4.78, 5) is 10.7. The van der Waals surface area contributed by atoms with E-state index in [4.69, 9.17) is 9.66 Å². The van der Waals surface area contributed by atoms with Crippen LogP contribution in [0, 0.1) is 0 Å². The van der Waals surface area contributed by atoms with E-state index in [1.165, 1.54) is 6.92 Å². The van der Waals surface area contributed by atoms with Crippen LogP contribution in [-0.4, -0.2) is 66.0 Å². The molecular weight excluding hydrogens is 235 g/mol. The molecule has 0 bridgehead atoms. The molecule has 15 heavy (non-hydrogen) atoms. The first-order chi connectivity index (χ1) is 6.37. The van der Waals surface area contributed by atoms with Crippen molar-refractivity contribution in [3.8, 4) is 0 Å². The van der Waals surface area contributed by atoms with Crippen LogP contribution in [0.3, 0.4) is 0 Å². The van der Waals surface area contributed by atoms with Gasteiger partial charge in [-0.15, -0.1) is 0 Å². The van der Waals surface area contributed by atoms with Gasteiger partial charge in [-0.25, -0.2) is 4.79 Å². The summed E-state index contributed by atoms with van der Waals surface area (Å²) >= 11 is 0. The number of carbonyl (C=O) groups excluding carboxylic acids is 1. The van der Waals surface area contributed by atoms with Crippen molar-refractivity contribution < 1.29 is 27.6 Å². The number of allylic oxidation sites excluding steroid dienone is 1. The maximum atomic E-state index is 10.7. The van der Waals surface area contributed by atoms with Crippen molar-refractivity contribution in [3.05, 3.63) is 11.8 Å². The van der Waals surface area contributed by atoms with Crippen LogP contribution in [0.5, 0.6) is 0 Å². The summed E-state index contributed by atoms with van der Waals surface area (Å²) in [5.41, 5.74) is 0. The van der Waals surface area contributed by atoms with E-state index in [9.17, 15) is 13.2 Å². The standard InChI is InChI=1S/C7H12O6S.Na.H/c1-2-6(8)7(9)13-4-3-5-14(10,11)12;;/h2,8H,3-5H2,1H3,(H,10,11,12);;. The van der Waals surface area contributed by atoms with Crippen molar-refractivity contribution in [1.82, 2.24) is 0 Å². The third-order valence-corrected chi connectivity index (χ3v) is 2.07. The van der Waals surface area contributed by atoms with Gasteiger partial charge in [0.1, 0.15) is 0 Å². The number of rotatable bonds is 5. The fourth-order valence-electron chi connectivity index (χ4n) is 0.598. The molecule has 84 valence electrons. The number of hydrogen-bond donors (Lipinski definition) is 2. The van der Waals surface area contributed by atoms with E-state index in [1.807, 2.05) is 0 Å². The molecule has 0 atom stereocenters. The molecular formula is C7H13NaO6S. The Morgan fingerprint density at radius 3 is 2.40 bits per heavy atom. The van der Waals surface area contributed by atoms with Crippen LogP contribution in [0.2, 0.25) is 0 Å². The van der Waals surface area contributed by atoms with Gasteiger partial charge in [-0.3, -0.25) is 4.55 Å². The molecule has 0 radical (unpaired) electrons. The summed E-state index contributed by atoms with van der Waals surface area (Å²) in [7, 11) is -4.02. The minimum atomic E-state index is -4.02. The molecule has 0 spiro atoms. The number of hydrogen-bond acceptors (Lipinski definition) is 5. The molecule has 0 aliphatic rings. The molecule has 0 aromatic heterocycles. The van der Waals surface area contributed by atoms with Crippen molar-refractivity contribution >= 4 is 45.6 Å². The molecule has 0 saturated carbocycles. The van der Waals surface area contributed by atoms with Gasteiger partial charge in [-0.1, -0.05) is 0 Å². The Labute approximate surface area is 110 Å². The van der Waals surface area contributed by atoms with Crippen molar-refractivity contribution in [3.63, 3.8) is 0 Å². The first-order valence-corrected chi connectivity index (χ1v) is 5.45. The van der Waals surface area contributed by atoms with Gasteiger partial charge < -0.3 is 9.84 Å². The Morgan fingerprint density at radius 1 is 1.47 bits per heavy atom. The summed E-state index contributed by atoms with van der Waals surface area (Å²) in [6, 6.07) is 0. The number of aliphatic hydroxyl groups excluding tert-OH is 1. The van der Waals surface area contributed by atoms with Gasteiger partial charge in [-0.05, 0) is 19.4 Å². The van der Waals surface area contributed by atoms with E-state index in [-0.39, 0.29) is 42.6 Å². The summed E-state index contributed by atoms with van der Waals surface area (Å²) in [6.45, 7) is 1.28. The quantitative estimate of drug-likeness (QED) is 0.172. The number of ether oxygens (including phenoxy) is 1. The van der Waals surface area contributed by atoms with Crippen molar-refractivity contribution in [1.29, 1.82) is 0 Å². The topological polar surface area (TPSA) is 101 Å². The third kappa shape index (κ3) is 10.2. The average Bonchev–Trinajstić information content (AvgIpc) is 2.09. The van der Waals surface area contributed by atoms with Crippen LogP contribution in [0.4, 0.5) is 0 Å². The zero-order chi connectivity index (χ0) is 11.2. The van der Waals surface area contributed by atoms with E-state index in [1.54, 1.807) is 0 Å². The molecule has 0 unspecified atom stereocenters. The molecule has 0 heterocycles. The average molecular weight is 248 g/mol. The molecule has 0 fully saturated rings. The maximum absolute atomic E-state index is 10.7. The van der Waals surface area contributed by atoms with Crippen molar-refractivity contribution in [2.24, 2.45) is 0 Å². The van der Waals surface area contributed by atoms with E-state index in [0.717, 1.165) is 6.08 Å². The molecule has 0 aliphatic heterocycles. The van der Waals surface area contributed by atoms with Gasteiger partial charge in [0.25, 0.3) is 10.1 Å². The second-order valence-electron chi connectivity index (χ2n) is 2.45. The molecule has 0 amide bonds. The normalized spacial score (nSPS) is 11.7. The zero-order valence-electron chi connectivity index (χ0n) is 7.63. The van der Waals surface area contributed by atoms with Gasteiger partial charge in [0.05, 0.1) is 12.4 Å². The van der Waals surface area contributed by atoms with Gasteiger partial charge >= 0.3 is 35.5 Å². The van der Waals surface area contributed by atoms with Crippen molar-refractivity contribution in [2.75, 3.05) is 12.4 Å².